The zero-order valence-corrected chi connectivity index (χ0v) is 10.5. The predicted octanol–water partition coefficient (Wildman–Crippen LogP) is 0.698. The van der Waals surface area contributed by atoms with E-state index in [1.54, 1.807) is 18.2 Å². The molecule has 2 heterocycles. The van der Waals surface area contributed by atoms with Crippen molar-refractivity contribution in [1.29, 1.82) is 0 Å². The molecule has 100 valence electrons. The Labute approximate surface area is 110 Å². The van der Waals surface area contributed by atoms with Crippen molar-refractivity contribution in [3.63, 3.8) is 0 Å². The van der Waals surface area contributed by atoms with Crippen molar-refractivity contribution in [3.8, 4) is 5.75 Å². The van der Waals surface area contributed by atoms with Gasteiger partial charge in [-0.2, -0.15) is 0 Å². The number of carbonyl (C=O) groups is 2. The van der Waals surface area contributed by atoms with Crippen molar-refractivity contribution in [2.24, 2.45) is 0 Å². The minimum Gasteiger partial charge on any atom is -0.495 e. The highest BCUT2D eigenvalue weighted by Gasteiger charge is 2.47. The van der Waals surface area contributed by atoms with E-state index in [4.69, 9.17) is 15.2 Å². The van der Waals surface area contributed by atoms with Crippen LogP contribution in [0.1, 0.15) is 12.8 Å². The van der Waals surface area contributed by atoms with E-state index in [9.17, 15) is 9.59 Å². The third kappa shape index (κ3) is 1.76. The van der Waals surface area contributed by atoms with E-state index in [1.165, 1.54) is 12.0 Å². The average molecular weight is 262 g/mol. The predicted molar refractivity (Wildman–Crippen MR) is 67.8 cm³/mol. The van der Waals surface area contributed by atoms with Gasteiger partial charge in [0, 0.05) is 0 Å². The van der Waals surface area contributed by atoms with Crippen molar-refractivity contribution in [1.82, 2.24) is 0 Å². The molecular weight excluding hydrogens is 248 g/mol. The first-order chi connectivity index (χ1) is 9.11. The first-order valence-corrected chi connectivity index (χ1v) is 6.08. The molecule has 1 aromatic rings. The van der Waals surface area contributed by atoms with Crippen LogP contribution in [-0.4, -0.2) is 31.1 Å². The average Bonchev–Trinajstić information content (AvgIpc) is 2.84. The number of ether oxygens (including phenoxy) is 2. The molecule has 6 heteroatoms. The summed E-state index contributed by atoms with van der Waals surface area (Å²) >= 11 is 0. The van der Waals surface area contributed by atoms with Gasteiger partial charge in [-0.15, -0.1) is 0 Å². The molecule has 0 saturated carbocycles. The minimum atomic E-state index is -0.508. The Kier molecular flexibility index (Phi) is 2.67. The Morgan fingerprint density at radius 1 is 1.26 bits per heavy atom. The fraction of sp³-hybridized carbons (Fsp3) is 0.385. The van der Waals surface area contributed by atoms with E-state index in [2.05, 4.69) is 0 Å². The van der Waals surface area contributed by atoms with Crippen LogP contribution in [0.5, 0.6) is 5.75 Å². The number of rotatable bonds is 2. The van der Waals surface area contributed by atoms with E-state index in [-0.39, 0.29) is 11.8 Å². The Hall–Kier alpha value is -2.08. The topological polar surface area (TPSA) is 81.9 Å². The van der Waals surface area contributed by atoms with Gasteiger partial charge in [0.1, 0.15) is 18.0 Å². The first kappa shape index (κ1) is 12.0. The van der Waals surface area contributed by atoms with Gasteiger partial charge in [0.2, 0.25) is 0 Å². The fourth-order valence-electron chi connectivity index (χ4n) is 2.51. The Bertz CT molecular complexity index is 536. The molecule has 2 unspecified atom stereocenters. The molecule has 2 fully saturated rings. The highest BCUT2D eigenvalue weighted by Crippen LogP contribution is 2.34. The summed E-state index contributed by atoms with van der Waals surface area (Å²) in [7, 11) is 1.51. The first-order valence-electron chi connectivity index (χ1n) is 6.08. The maximum absolute atomic E-state index is 12.2. The summed E-state index contributed by atoms with van der Waals surface area (Å²) in [6.45, 7) is 0. The molecule has 2 bridgehead atoms. The van der Waals surface area contributed by atoms with E-state index >= 15 is 0 Å². The summed E-state index contributed by atoms with van der Waals surface area (Å²) in [6, 6.07) is 4.86. The van der Waals surface area contributed by atoms with Crippen molar-refractivity contribution < 1.29 is 19.1 Å². The van der Waals surface area contributed by atoms with Gasteiger partial charge in [-0.3, -0.25) is 9.59 Å². The third-order valence-corrected chi connectivity index (χ3v) is 3.48. The molecule has 2 amide bonds. The molecule has 2 aliphatic heterocycles. The molecule has 19 heavy (non-hydrogen) atoms. The molecule has 2 saturated heterocycles. The number of nitrogen functional groups attached to an aromatic ring is 1. The van der Waals surface area contributed by atoms with Crippen LogP contribution in [0.25, 0.3) is 0 Å². The summed E-state index contributed by atoms with van der Waals surface area (Å²) in [5.74, 6) is -0.119. The third-order valence-electron chi connectivity index (χ3n) is 3.48. The van der Waals surface area contributed by atoms with Crippen LogP contribution in [0.2, 0.25) is 0 Å². The number of morpholine rings is 1. The molecule has 1 aromatic carbocycles. The summed E-state index contributed by atoms with van der Waals surface area (Å²) in [5.41, 5.74) is 6.66. The highest BCUT2D eigenvalue weighted by atomic mass is 16.5. The summed E-state index contributed by atoms with van der Waals surface area (Å²) in [6.07, 6.45) is 0.173. The van der Waals surface area contributed by atoms with E-state index in [1.807, 2.05) is 0 Å². The molecule has 6 nitrogen and oxygen atoms in total. The maximum Gasteiger partial charge on any atom is 0.262 e. The summed E-state index contributed by atoms with van der Waals surface area (Å²) in [4.78, 5) is 25.5. The maximum atomic E-state index is 12.2. The second kappa shape index (κ2) is 4.24. The van der Waals surface area contributed by atoms with Gasteiger partial charge in [0.25, 0.3) is 11.8 Å². The van der Waals surface area contributed by atoms with Crippen LogP contribution in [-0.2, 0) is 14.3 Å². The molecule has 0 radical (unpaired) electrons. The number of nitrogens with zero attached hydrogens (tertiary/aromatic N) is 1. The lowest BCUT2D eigenvalue weighted by Crippen LogP contribution is -2.52. The lowest BCUT2D eigenvalue weighted by atomic mass is 10.2. The van der Waals surface area contributed by atoms with Crippen molar-refractivity contribution >= 4 is 23.2 Å². The quantitative estimate of drug-likeness (QED) is 0.626. The van der Waals surface area contributed by atoms with Gasteiger partial charge >= 0.3 is 0 Å². The molecular formula is C13H14N2O4. The van der Waals surface area contributed by atoms with Gasteiger partial charge in [-0.25, -0.2) is 4.90 Å². The zero-order chi connectivity index (χ0) is 13.6. The highest BCUT2D eigenvalue weighted by molar-refractivity contribution is 6.20. The number of methoxy groups -OCH3 is 1. The molecule has 3 rings (SSSR count). The monoisotopic (exact) mass is 262 g/mol. The van der Waals surface area contributed by atoms with Crippen LogP contribution in [0.3, 0.4) is 0 Å². The van der Waals surface area contributed by atoms with Gasteiger partial charge in [-0.1, -0.05) is 0 Å². The Morgan fingerprint density at radius 3 is 2.42 bits per heavy atom. The second-order valence-electron chi connectivity index (χ2n) is 4.63. The number of imide groups is 1. The van der Waals surface area contributed by atoms with Gasteiger partial charge in [-0.05, 0) is 31.0 Å². The minimum absolute atomic E-state index is 0.316. The second-order valence-corrected chi connectivity index (χ2v) is 4.63. The van der Waals surface area contributed by atoms with E-state index in [0.29, 0.717) is 30.0 Å². The van der Waals surface area contributed by atoms with Crippen LogP contribution < -0.4 is 15.4 Å². The van der Waals surface area contributed by atoms with E-state index in [0.717, 1.165) is 0 Å². The van der Waals surface area contributed by atoms with Crippen LogP contribution in [0.4, 0.5) is 11.4 Å². The fourth-order valence-corrected chi connectivity index (χ4v) is 2.51. The van der Waals surface area contributed by atoms with Crippen molar-refractivity contribution in [2.45, 2.75) is 25.0 Å². The van der Waals surface area contributed by atoms with Gasteiger partial charge < -0.3 is 15.2 Å². The summed E-state index contributed by atoms with van der Waals surface area (Å²) < 4.78 is 10.4. The molecule has 2 N–H and O–H groups in total. The van der Waals surface area contributed by atoms with E-state index < -0.39 is 12.2 Å². The number of carbonyl (C=O) groups excluding carboxylic acids is 2. The number of anilines is 2. The van der Waals surface area contributed by atoms with Crippen LogP contribution in [0, 0.1) is 0 Å². The molecule has 0 aliphatic carbocycles. The number of benzene rings is 1. The lowest BCUT2D eigenvalue weighted by Gasteiger charge is -2.30. The normalized spacial score (nSPS) is 25.8. The zero-order valence-electron chi connectivity index (χ0n) is 10.5. The molecule has 0 spiro atoms. The smallest absolute Gasteiger partial charge is 0.262 e. The van der Waals surface area contributed by atoms with Gasteiger partial charge in [0.05, 0.1) is 18.5 Å². The molecule has 2 aliphatic rings. The number of nitrogens with two attached hydrogens (primary N) is 1. The number of amides is 2. The Morgan fingerprint density at radius 2 is 1.89 bits per heavy atom. The SMILES string of the molecule is COc1ccc(N2C(=O)C3CCC(O3)C2=O)cc1N. The van der Waals surface area contributed by atoms with Crippen LogP contribution in [0.15, 0.2) is 18.2 Å². The van der Waals surface area contributed by atoms with Crippen LogP contribution >= 0.6 is 0 Å². The lowest BCUT2D eigenvalue weighted by molar-refractivity contribution is -0.146. The Balaban J connectivity index is 1.99. The number of fused-ring (bicyclic) bond motifs is 2. The summed E-state index contributed by atoms with van der Waals surface area (Å²) in [5, 5.41) is 0. The van der Waals surface area contributed by atoms with Crippen molar-refractivity contribution in [2.75, 3.05) is 17.7 Å². The molecule has 2 atom stereocenters. The number of hydrogen-bond donors (Lipinski definition) is 1. The van der Waals surface area contributed by atoms with Crippen molar-refractivity contribution in [3.05, 3.63) is 18.2 Å². The number of hydrogen-bond acceptors (Lipinski definition) is 5. The van der Waals surface area contributed by atoms with Gasteiger partial charge in [0.15, 0.2) is 0 Å². The largest absolute Gasteiger partial charge is 0.495 e. The standard InChI is InChI=1S/C13H14N2O4/c1-18-9-3-2-7(6-8(9)14)15-12(16)10-4-5-11(19-10)13(15)17/h2-3,6,10-11H,4-5,14H2,1H3. The molecule has 0 aromatic heterocycles.